The second-order valence-electron chi connectivity index (χ2n) is 6.77. The van der Waals surface area contributed by atoms with Crippen molar-refractivity contribution >= 4 is 23.4 Å². The summed E-state index contributed by atoms with van der Waals surface area (Å²) in [6, 6.07) is 5.84. The van der Waals surface area contributed by atoms with Gasteiger partial charge in [0.15, 0.2) is 0 Å². The number of urea groups is 1. The number of carboxylic acid groups (broad SMARTS) is 1. The van der Waals surface area contributed by atoms with Gasteiger partial charge < -0.3 is 15.3 Å². The van der Waals surface area contributed by atoms with E-state index in [1.807, 2.05) is 0 Å². The molecule has 0 aromatic heterocycles. The highest BCUT2D eigenvalue weighted by atomic mass is 19.4. The molecule has 0 spiro atoms. The van der Waals surface area contributed by atoms with Gasteiger partial charge in [-0.25, -0.2) is 9.59 Å². The summed E-state index contributed by atoms with van der Waals surface area (Å²) in [6.45, 7) is 2.91. The minimum atomic E-state index is -4.53. The topological polar surface area (TPSA) is 113 Å². The van der Waals surface area contributed by atoms with Crippen LogP contribution in [0.1, 0.15) is 30.0 Å². The molecule has 11 heteroatoms. The lowest BCUT2D eigenvalue weighted by Crippen LogP contribution is -2.46. The lowest BCUT2D eigenvalue weighted by Gasteiger charge is -2.28. The average molecular weight is 439 g/mol. The number of carboxylic acids is 1. The number of rotatable bonds is 7. The van der Waals surface area contributed by atoms with E-state index in [2.05, 4.69) is 5.32 Å². The van der Waals surface area contributed by atoms with E-state index in [0.717, 1.165) is 29.2 Å². The zero-order valence-corrected chi connectivity index (χ0v) is 16.6. The zero-order valence-electron chi connectivity index (χ0n) is 16.6. The second-order valence-corrected chi connectivity index (χ2v) is 6.77. The highest BCUT2D eigenvalue weighted by Gasteiger charge is 2.31. The number of carbonyl (C=O) groups is 2. The van der Waals surface area contributed by atoms with Crippen molar-refractivity contribution in [1.82, 2.24) is 4.90 Å². The van der Waals surface area contributed by atoms with Crippen LogP contribution in [0.25, 0.3) is 0 Å². The summed E-state index contributed by atoms with van der Waals surface area (Å²) in [5.41, 5.74) is -0.141. The molecule has 1 atom stereocenters. The van der Waals surface area contributed by atoms with E-state index in [9.17, 15) is 38.0 Å². The predicted molar refractivity (Wildman–Crippen MR) is 106 cm³/mol. The Hall–Kier alpha value is -3.63. The van der Waals surface area contributed by atoms with Crippen molar-refractivity contribution in [2.24, 2.45) is 0 Å². The smallest absolute Gasteiger partial charge is 0.416 e. The van der Waals surface area contributed by atoms with Crippen LogP contribution in [0.3, 0.4) is 0 Å². The standard InChI is InChI=1S/C20H20F3N3O5/c1-3-16(18(27)28)25(11-13-4-9-17(26(30)31)12(2)10-13)19(29)24-15-7-5-14(6-8-15)20(21,22)23/h4-10,16H,3,11H2,1-2H3,(H,24,29)(H,27,28). The fourth-order valence-electron chi connectivity index (χ4n) is 3.01. The Morgan fingerprint density at radius 3 is 2.26 bits per heavy atom. The van der Waals surface area contributed by atoms with E-state index in [0.29, 0.717) is 11.1 Å². The maximum Gasteiger partial charge on any atom is 0.416 e. The molecule has 0 aliphatic rings. The first kappa shape index (κ1) is 23.6. The van der Waals surface area contributed by atoms with Gasteiger partial charge in [0.05, 0.1) is 10.5 Å². The molecule has 0 saturated carbocycles. The SMILES string of the molecule is CCC(C(=O)O)N(Cc1ccc([N+](=O)[O-])c(C)c1)C(=O)Nc1ccc(C(F)(F)F)cc1. The van der Waals surface area contributed by atoms with Crippen LogP contribution in [-0.4, -0.2) is 33.0 Å². The molecule has 31 heavy (non-hydrogen) atoms. The predicted octanol–water partition coefficient (Wildman–Crippen LogP) is 4.82. The fraction of sp³-hybridized carbons (Fsp3) is 0.300. The molecule has 2 N–H and O–H groups in total. The van der Waals surface area contributed by atoms with Gasteiger partial charge in [-0.2, -0.15) is 13.2 Å². The third-order valence-corrected chi connectivity index (χ3v) is 4.58. The number of amides is 2. The fourth-order valence-corrected chi connectivity index (χ4v) is 3.01. The number of anilines is 1. The van der Waals surface area contributed by atoms with Crippen LogP contribution < -0.4 is 5.32 Å². The molecular formula is C20H20F3N3O5. The molecule has 0 heterocycles. The molecule has 1 unspecified atom stereocenters. The van der Waals surface area contributed by atoms with Gasteiger partial charge in [0, 0.05) is 23.9 Å². The van der Waals surface area contributed by atoms with Crippen molar-refractivity contribution in [3.63, 3.8) is 0 Å². The van der Waals surface area contributed by atoms with Crippen molar-refractivity contribution in [3.05, 3.63) is 69.3 Å². The van der Waals surface area contributed by atoms with Crippen LogP contribution in [0.2, 0.25) is 0 Å². The molecule has 0 fully saturated rings. The molecule has 2 amide bonds. The van der Waals surface area contributed by atoms with Crippen molar-refractivity contribution < 1.29 is 32.8 Å². The van der Waals surface area contributed by atoms with Gasteiger partial charge >= 0.3 is 18.2 Å². The Labute approximate surface area is 175 Å². The highest BCUT2D eigenvalue weighted by molar-refractivity contribution is 5.92. The van der Waals surface area contributed by atoms with Gasteiger partial charge in [-0.05, 0) is 49.2 Å². The Bertz CT molecular complexity index is 977. The largest absolute Gasteiger partial charge is 0.480 e. The molecule has 166 valence electrons. The molecule has 2 rings (SSSR count). The number of benzene rings is 2. The van der Waals surface area contributed by atoms with Crippen molar-refractivity contribution in [2.75, 3.05) is 5.32 Å². The minimum absolute atomic E-state index is 0.0584. The molecule has 8 nitrogen and oxygen atoms in total. The van der Waals surface area contributed by atoms with E-state index in [-0.39, 0.29) is 24.3 Å². The van der Waals surface area contributed by atoms with Gasteiger partial charge in [-0.15, -0.1) is 0 Å². The van der Waals surface area contributed by atoms with Crippen LogP contribution in [-0.2, 0) is 17.5 Å². The van der Waals surface area contributed by atoms with E-state index in [1.165, 1.54) is 25.1 Å². The number of halogens is 3. The minimum Gasteiger partial charge on any atom is -0.480 e. The quantitative estimate of drug-likeness (QED) is 0.474. The first-order valence-electron chi connectivity index (χ1n) is 9.15. The third kappa shape index (κ3) is 5.93. The van der Waals surface area contributed by atoms with Gasteiger partial charge in [-0.1, -0.05) is 13.0 Å². The van der Waals surface area contributed by atoms with Crippen LogP contribution in [0, 0.1) is 17.0 Å². The van der Waals surface area contributed by atoms with Gasteiger partial charge in [0.25, 0.3) is 5.69 Å². The van der Waals surface area contributed by atoms with E-state index in [4.69, 9.17) is 0 Å². The monoisotopic (exact) mass is 439 g/mol. The van der Waals surface area contributed by atoms with Crippen molar-refractivity contribution in [2.45, 2.75) is 39.0 Å². The lowest BCUT2D eigenvalue weighted by molar-refractivity contribution is -0.385. The number of aryl methyl sites for hydroxylation is 1. The summed E-state index contributed by atoms with van der Waals surface area (Å²) in [6.07, 6.45) is -4.46. The van der Waals surface area contributed by atoms with Crippen molar-refractivity contribution in [1.29, 1.82) is 0 Å². The summed E-state index contributed by atoms with van der Waals surface area (Å²) in [5.74, 6) is -1.26. The zero-order chi connectivity index (χ0) is 23.3. The Morgan fingerprint density at radius 1 is 1.19 bits per heavy atom. The number of nitro benzene ring substituents is 1. The summed E-state index contributed by atoms with van der Waals surface area (Å²) >= 11 is 0. The van der Waals surface area contributed by atoms with Gasteiger partial charge in [0.1, 0.15) is 6.04 Å². The molecule has 0 radical (unpaired) electrons. The van der Waals surface area contributed by atoms with Crippen molar-refractivity contribution in [3.8, 4) is 0 Å². The average Bonchev–Trinajstić information content (AvgIpc) is 2.67. The number of nitrogens with one attached hydrogen (secondary N) is 1. The van der Waals surface area contributed by atoms with Gasteiger partial charge in [0.2, 0.25) is 0 Å². The van der Waals surface area contributed by atoms with Crippen LogP contribution in [0.5, 0.6) is 0 Å². The molecule has 0 saturated heterocycles. The number of aliphatic carboxylic acids is 1. The number of hydrogen-bond acceptors (Lipinski definition) is 4. The van der Waals surface area contributed by atoms with Crippen LogP contribution in [0.15, 0.2) is 42.5 Å². The summed E-state index contributed by atoms with van der Waals surface area (Å²) in [7, 11) is 0. The number of alkyl halides is 3. The number of nitro groups is 1. The molecule has 0 aliphatic carbocycles. The molecule has 2 aromatic rings. The molecule has 2 aromatic carbocycles. The first-order valence-corrected chi connectivity index (χ1v) is 9.15. The first-order chi connectivity index (χ1) is 14.4. The maximum absolute atomic E-state index is 12.8. The lowest BCUT2D eigenvalue weighted by atomic mass is 10.1. The van der Waals surface area contributed by atoms with Crippen LogP contribution >= 0.6 is 0 Å². The van der Waals surface area contributed by atoms with E-state index in [1.54, 1.807) is 6.92 Å². The van der Waals surface area contributed by atoms with E-state index >= 15 is 0 Å². The normalized spacial score (nSPS) is 12.2. The number of nitrogens with zero attached hydrogens (tertiary/aromatic N) is 2. The summed E-state index contributed by atoms with van der Waals surface area (Å²) < 4.78 is 38.1. The number of carbonyl (C=O) groups excluding carboxylic acids is 1. The Morgan fingerprint density at radius 2 is 1.81 bits per heavy atom. The maximum atomic E-state index is 12.8. The third-order valence-electron chi connectivity index (χ3n) is 4.58. The van der Waals surface area contributed by atoms with E-state index < -0.39 is 34.7 Å². The van der Waals surface area contributed by atoms with Crippen LogP contribution in [0.4, 0.5) is 29.3 Å². The summed E-state index contributed by atoms with van der Waals surface area (Å²) in [4.78, 5) is 35.9. The Kier molecular flexibility index (Phi) is 7.21. The molecule has 0 bridgehead atoms. The summed E-state index contributed by atoms with van der Waals surface area (Å²) in [5, 5.41) is 22.9. The highest BCUT2D eigenvalue weighted by Crippen LogP contribution is 2.30. The Balaban J connectivity index is 2.29. The second kappa shape index (κ2) is 9.45. The number of hydrogen-bond donors (Lipinski definition) is 2. The van der Waals surface area contributed by atoms with Gasteiger partial charge in [-0.3, -0.25) is 10.1 Å². The molecular weight excluding hydrogens is 419 g/mol. The molecule has 0 aliphatic heterocycles.